The Bertz CT molecular complexity index is 803. The van der Waals surface area contributed by atoms with Gasteiger partial charge < -0.3 is 11.1 Å². The van der Waals surface area contributed by atoms with Gasteiger partial charge in [-0.2, -0.15) is 0 Å². The number of nitrogens with two attached hydrogens (primary N) is 1. The number of carbonyl (C=O) groups excluding carboxylic acids is 1. The molecule has 0 fully saturated rings. The summed E-state index contributed by atoms with van der Waals surface area (Å²) in [6.45, 7) is 6.60. The summed E-state index contributed by atoms with van der Waals surface area (Å²) < 4.78 is 2.28. The van der Waals surface area contributed by atoms with Crippen LogP contribution in [0.4, 0.5) is 0 Å². The van der Waals surface area contributed by atoms with E-state index in [4.69, 9.17) is 5.73 Å². The van der Waals surface area contributed by atoms with Crippen molar-refractivity contribution in [2.24, 2.45) is 11.7 Å². The molecule has 6 nitrogen and oxygen atoms in total. The van der Waals surface area contributed by atoms with Crippen LogP contribution in [0.5, 0.6) is 0 Å². The number of nitrogens with one attached hydrogen (secondary N) is 1. The zero-order valence-corrected chi connectivity index (χ0v) is 15.8. The van der Waals surface area contributed by atoms with Gasteiger partial charge in [-0.05, 0) is 31.0 Å². The first-order chi connectivity index (χ1) is 11.3. The smallest absolute Gasteiger partial charge is 0.261 e. The van der Waals surface area contributed by atoms with Crippen molar-refractivity contribution in [3.05, 3.63) is 39.4 Å². The van der Waals surface area contributed by atoms with E-state index in [-0.39, 0.29) is 30.3 Å². The van der Waals surface area contributed by atoms with Gasteiger partial charge in [0.15, 0.2) is 0 Å². The van der Waals surface area contributed by atoms with Crippen molar-refractivity contribution < 1.29 is 4.79 Å². The summed E-state index contributed by atoms with van der Waals surface area (Å²) in [7, 11) is 0. The maximum atomic E-state index is 12.5. The molecule has 1 atom stereocenters. The summed E-state index contributed by atoms with van der Waals surface area (Å²) >= 11 is 3.36. The summed E-state index contributed by atoms with van der Waals surface area (Å²) in [5, 5.41) is 3.50. The topological polar surface area (TPSA) is 90.0 Å². The van der Waals surface area contributed by atoms with Crippen molar-refractivity contribution in [1.82, 2.24) is 14.9 Å². The van der Waals surface area contributed by atoms with Crippen LogP contribution >= 0.6 is 15.9 Å². The Kier molecular flexibility index (Phi) is 5.77. The van der Waals surface area contributed by atoms with E-state index in [1.807, 2.05) is 26.8 Å². The number of nitrogens with zero attached hydrogens (tertiary/aromatic N) is 2. The number of hydrogen-bond acceptors (Lipinski definition) is 4. The standard InChI is InChI=1S/C17H23BrN4O2/c1-11(2)17(3,9-19)21-15(23)6-7-22-10-20-14-5-4-12(18)8-13(14)16(22)24/h4-5,8,10-11H,6-7,9,19H2,1-3H3,(H,21,23). The zero-order valence-electron chi connectivity index (χ0n) is 14.2. The number of rotatable bonds is 6. The molecule has 3 N–H and O–H groups in total. The van der Waals surface area contributed by atoms with Gasteiger partial charge in [-0.1, -0.05) is 29.8 Å². The molecule has 0 aliphatic carbocycles. The summed E-state index contributed by atoms with van der Waals surface area (Å²) in [4.78, 5) is 29.0. The molecule has 1 aromatic heterocycles. The lowest BCUT2D eigenvalue weighted by Gasteiger charge is -2.33. The fraction of sp³-hybridized carbons (Fsp3) is 0.471. The molecule has 7 heteroatoms. The molecule has 24 heavy (non-hydrogen) atoms. The molecular formula is C17H23BrN4O2. The summed E-state index contributed by atoms with van der Waals surface area (Å²) in [6, 6.07) is 5.37. The number of halogens is 1. The van der Waals surface area contributed by atoms with E-state index < -0.39 is 5.54 Å². The Hall–Kier alpha value is -1.73. The molecule has 1 unspecified atom stereocenters. The van der Waals surface area contributed by atoms with Crippen LogP contribution in [-0.4, -0.2) is 27.5 Å². The van der Waals surface area contributed by atoms with Crippen LogP contribution in [0.15, 0.2) is 33.8 Å². The predicted octanol–water partition coefficient (Wildman–Crippen LogP) is 2.04. The predicted molar refractivity (Wildman–Crippen MR) is 98.8 cm³/mol. The monoisotopic (exact) mass is 394 g/mol. The molecule has 0 bridgehead atoms. The van der Waals surface area contributed by atoms with E-state index >= 15 is 0 Å². The Morgan fingerprint density at radius 2 is 2.17 bits per heavy atom. The second kappa shape index (κ2) is 7.44. The second-order valence-electron chi connectivity index (χ2n) is 6.48. The maximum Gasteiger partial charge on any atom is 0.261 e. The third-order valence-corrected chi connectivity index (χ3v) is 4.98. The Balaban J connectivity index is 2.12. The molecule has 0 spiro atoms. The number of fused-ring (bicyclic) bond motifs is 1. The first-order valence-electron chi connectivity index (χ1n) is 7.92. The van der Waals surface area contributed by atoms with Crippen LogP contribution < -0.4 is 16.6 Å². The maximum absolute atomic E-state index is 12.5. The van der Waals surface area contributed by atoms with E-state index in [2.05, 4.69) is 26.2 Å². The quantitative estimate of drug-likeness (QED) is 0.783. The average molecular weight is 395 g/mol. The molecule has 1 aromatic carbocycles. The van der Waals surface area contributed by atoms with Gasteiger partial charge in [0.2, 0.25) is 5.91 Å². The average Bonchev–Trinajstić information content (AvgIpc) is 2.54. The first kappa shape index (κ1) is 18.6. The minimum absolute atomic E-state index is 0.127. The highest BCUT2D eigenvalue weighted by Gasteiger charge is 2.28. The number of aromatic nitrogens is 2. The van der Waals surface area contributed by atoms with Gasteiger partial charge in [0, 0.05) is 24.0 Å². The molecule has 0 saturated carbocycles. The number of hydrogen-bond donors (Lipinski definition) is 2. The van der Waals surface area contributed by atoms with E-state index in [1.54, 1.807) is 12.1 Å². The van der Waals surface area contributed by atoms with E-state index in [0.29, 0.717) is 17.4 Å². The second-order valence-corrected chi connectivity index (χ2v) is 7.39. The third kappa shape index (κ3) is 4.02. The number of aryl methyl sites for hydroxylation is 1. The van der Waals surface area contributed by atoms with Gasteiger partial charge in [0.05, 0.1) is 22.8 Å². The van der Waals surface area contributed by atoms with Crippen molar-refractivity contribution in [1.29, 1.82) is 0 Å². The van der Waals surface area contributed by atoms with Crippen molar-refractivity contribution in [2.45, 2.75) is 39.3 Å². The fourth-order valence-corrected chi connectivity index (χ4v) is 2.69. The van der Waals surface area contributed by atoms with E-state index in [0.717, 1.165) is 4.47 Å². The first-order valence-corrected chi connectivity index (χ1v) is 8.72. The number of amides is 1. The molecule has 0 aliphatic heterocycles. The number of benzene rings is 1. The summed E-state index contributed by atoms with van der Waals surface area (Å²) in [5.41, 5.74) is 5.81. The van der Waals surface area contributed by atoms with E-state index in [9.17, 15) is 9.59 Å². The van der Waals surface area contributed by atoms with Gasteiger partial charge in [-0.15, -0.1) is 0 Å². The van der Waals surface area contributed by atoms with Crippen molar-refractivity contribution >= 4 is 32.7 Å². The number of carbonyl (C=O) groups is 1. The van der Waals surface area contributed by atoms with Gasteiger partial charge in [0.25, 0.3) is 5.56 Å². The minimum Gasteiger partial charge on any atom is -0.349 e. The Morgan fingerprint density at radius 1 is 1.46 bits per heavy atom. The lowest BCUT2D eigenvalue weighted by Crippen LogP contribution is -2.55. The van der Waals surface area contributed by atoms with Crippen molar-refractivity contribution in [3.63, 3.8) is 0 Å². The van der Waals surface area contributed by atoms with Gasteiger partial charge in [-0.3, -0.25) is 14.2 Å². The van der Waals surface area contributed by atoms with Crippen LogP contribution in [0.3, 0.4) is 0 Å². The van der Waals surface area contributed by atoms with Crippen molar-refractivity contribution in [3.8, 4) is 0 Å². The highest BCUT2D eigenvalue weighted by Crippen LogP contribution is 2.16. The molecule has 130 valence electrons. The van der Waals surface area contributed by atoms with Crippen molar-refractivity contribution in [2.75, 3.05) is 6.54 Å². The summed E-state index contributed by atoms with van der Waals surface area (Å²) in [5.74, 6) is 0.0896. The molecular weight excluding hydrogens is 372 g/mol. The summed E-state index contributed by atoms with van der Waals surface area (Å²) in [6.07, 6.45) is 1.68. The fourth-order valence-electron chi connectivity index (χ4n) is 2.32. The molecule has 1 heterocycles. The Morgan fingerprint density at radius 3 is 2.79 bits per heavy atom. The minimum atomic E-state index is -0.450. The molecule has 0 radical (unpaired) electrons. The molecule has 1 amide bonds. The van der Waals surface area contributed by atoms with Crippen LogP contribution in [0, 0.1) is 5.92 Å². The third-order valence-electron chi connectivity index (χ3n) is 4.49. The van der Waals surface area contributed by atoms with Gasteiger partial charge >= 0.3 is 0 Å². The molecule has 0 saturated heterocycles. The highest BCUT2D eigenvalue weighted by atomic mass is 79.9. The normalized spacial score (nSPS) is 13.9. The van der Waals surface area contributed by atoms with Crippen LogP contribution in [0.2, 0.25) is 0 Å². The Labute approximate surface area is 149 Å². The largest absolute Gasteiger partial charge is 0.349 e. The zero-order chi connectivity index (χ0) is 17.9. The molecule has 2 rings (SSSR count). The van der Waals surface area contributed by atoms with E-state index in [1.165, 1.54) is 10.9 Å². The SMILES string of the molecule is CC(C)C(C)(CN)NC(=O)CCn1cnc2ccc(Br)cc2c1=O. The van der Waals surface area contributed by atoms with Gasteiger partial charge in [0.1, 0.15) is 0 Å². The molecule has 0 aliphatic rings. The van der Waals surface area contributed by atoms with Crippen LogP contribution in [0.25, 0.3) is 10.9 Å². The highest BCUT2D eigenvalue weighted by molar-refractivity contribution is 9.10. The lowest BCUT2D eigenvalue weighted by molar-refractivity contribution is -0.123. The van der Waals surface area contributed by atoms with Gasteiger partial charge in [-0.25, -0.2) is 4.98 Å². The van der Waals surface area contributed by atoms with Crippen LogP contribution in [0.1, 0.15) is 27.2 Å². The lowest BCUT2D eigenvalue weighted by atomic mass is 9.88. The molecule has 2 aromatic rings. The van der Waals surface area contributed by atoms with Crippen LogP contribution in [-0.2, 0) is 11.3 Å².